The number of fused-ring (bicyclic) bond motifs is 1. The quantitative estimate of drug-likeness (QED) is 0.448. The lowest BCUT2D eigenvalue weighted by atomic mass is 10.1. The molecule has 0 saturated heterocycles. The highest BCUT2D eigenvalue weighted by molar-refractivity contribution is 6.30. The third-order valence-electron chi connectivity index (χ3n) is 4.84. The summed E-state index contributed by atoms with van der Waals surface area (Å²) in [6.07, 6.45) is 1.63. The molecule has 1 aliphatic heterocycles. The molecule has 0 unspecified atom stereocenters. The smallest absolute Gasteiger partial charge is 0.256 e. The number of nitrogens with one attached hydrogen (secondary N) is 1. The first kappa shape index (κ1) is 19.2. The Labute approximate surface area is 183 Å². The molecular weight excluding hydrogens is 416 g/mol. The summed E-state index contributed by atoms with van der Waals surface area (Å²) in [6, 6.07) is 19.7. The molecule has 7 heteroatoms. The highest BCUT2D eigenvalue weighted by atomic mass is 35.5. The fourth-order valence-corrected chi connectivity index (χ4v) is 3.46. The van der Waals surface area contributed by atoms with Gasteiger partial charge in [0.2, 0.25) is 5.89 Å². The Morgan fingerprint density at radius 2 is 1.71 bits per heavy atom. The maximum Gasteiger partial charge on any atom is 0.256 e. The Kier molecular flexibility index (Phi) is 5.06. The first-order valence-electron chi connectivity index (χ1n) is 9.69. The number of hydrogen-bond acceptors (Lipinski definition) is 5. The summed E-state index contributed by atoms with van der Waals surface area (Å²) in [5.74, 6) is 1.95. The Morgan fingerprint density at radius 3 is 2.55 bits per heavy atom. The van der Waals surface area contributed by atoms with E-state index in [0.717, 1.165) is 5.56 Å². The molecule has 3 aromatic carbocycles. The molecule has 31 heavy (non-hydrogen) atoms. The van der Waals surface area contributed by atoms with E-state index in [4.69, 9.17) is 25.5 Å². The van der Waals surface area contributed by atoms with E-state index < -0.39 is 0 Å². The zero-order valence-corrected chi connectivity index (χ0v) is 17.1. The van der Waals surface area contributed by atoms with Crippen molar-refractivity contribution in [3.8, 4) is 34.3 Å². The van der Waals surface area contributed by atoms with Gasteiger partial charge in [-0.05, 0) is 48.5 Å². The second kappa shape index (κ2) is 8.16. The van der Waals surface area contributed by atoms with Gasteiger partial charge >= 0.3 is 0 Å². The molecule has 0 spiro atoms. The van der Waals surface area contributed by atoms with Crippen molar-refractivity contribution in [1.29, 1.82) is 0 Å². The number of nitrogens with zero attached hydrogens (tertiary/aromatic N) is 1. The van der Waals surface area contributed by atoms with Crippen molar-refractivity contribution in [2.45, 2.75) is 0 Å². The summed E-state index contributed by atoms with van der Waals surface area (Å²) < 4.78 is 17.1. The van der Waals surface area contributed by atoms with E-state index in [1.54, 1.807) is 54.7 Å². The molecule has 4 aromatic rings. The average molecular weight is 433 g/mol. The molecule has 154 valence electrons. The third-order valence-corrected chi connectivity index (χ3v) is 5.09. The van der Waals surface area contributed by atoms with Crippen LogP contribution in [0.5, 0.6) is 11.5 Å². The summed E-state index contributed by atoms with van der Waals surface area (Å²) >= 11 is 5.96. The Morgan fingerprint density at radius 1 is 0.935 bits per heavy atom. The van der Waals surface area contributed by atoms with Gasteiger partial charge in [-0.3, -0.25) is 4.79 Å². The van der Waals surface area contributed by atoms with Crippen molar-refractivity contribution >= 4 is 23.2 Å². The molecule has 0 saturated carbocycles. The van der Waals surface area contributed by atoms with Crippen molar-refractivity contribution in [1.82, 2.24) is 4.98 Å². The number of benzene rings is 3. The number of oxazole rings is 1. The molecule has 0 atom stereocenters. The average Bonchev–Trinajstić information content (AvgIpc) is 3.29. The SMILES string of the molecule is O=C(Nc1ccc2c(c1)OCCO2)c1ccccc1-c1ncc(-c2ccc(Cl)cc2)o1. The maximum atomic E-state index is 13.0. The van der Waals surface area contributed by atoms with Crippen molar-refractivity contribution in [2.75, 3.05) is 18.5 Å². The molecule has 0 bridgehead atoms. The summed E-state index contributed by atoms with van der Waals surface area (Å²) in [5, 5.41) is 3.55. The maximum absolute atomic E-state index is 13.0. The van der Waals surface area contributed by atoms with E-state index in [9.17, 15) is 4.79 Å². The van der Waals surface area contributed by atoms with Crippen LogP contribution in [0.1, 0.15) is 10.4 Å². The van der Waals surface area contributed by atoms with Crippen LogP contribution in [0.3, 0.4) is 0 Å². The van der Waals surface area contributed by atoms with Crippen LogP contribution in [0.25, 0.3) is 22.8 Å². The first-order valence-corrected chi connectivity index (χ1v) is 10.1. The van der Waals surface area contributed by atoms with Crippen molar-refractivity contribution in [3.63, 3.8) is 0 Å². The summed E-state index contributed by atoms with van der Waals surface area (Å²) in [6.45, 7) is 0.994. The number of rotatable bonds is 4. The lowest BCUT2D eigenvalue weighted by Crippen LogP contribution is -2.16. The van der Waals surface area contributed by atoms with E-state index in [1.807, 2.05) is 18.2 Å². The van der Waals surface area contributed by atoms with Crippen LogP contribution in [0.15, 0.2) is 77.3 Å². The molecule has 1 aromatic heterocycles. The predicted octanol–water partition coefficient (Wildman–Crippen LogP) is 5.69. The largest absolute Gasteiger partial charge is 0.486 e. The summed E-state index contributed by atoms with van der Waals surface area (Å²) in [5.41, 5.74) is 2.50. The minimum absolute atomic E-state index is 0.279. The van der Waals surface area contributed by atoms with Gasteiger partial charge in [0.05, 0.1) is 11.8 Å². The van der Waals surface area contributed by atoms with E-state index in [2.05, 4.69) is 10.3 Å². The van der Waals surface area contributed by atoms with Gasteiger partial charge in [-0.1, -0.05) is 23.7 Å². The van der Waals surface area contributed by atoms with Crippen LogP contribution in [-0.2, 0) is 0 Å². The van der Waals surface area contributed by atoms with Gasteiger partial charge in [0.1, 0.15) is 13.2 Å². The fourth-order valence-electron chi connectivity index (χ4n) is 3.33. The predicted molar refractivity (Wildman–Crippen MR) is 118 cm³/mol. The van der Waals surface area contributed by atoms with Gasteiger partial charge in [0.15, 0.2) is 17.3 Å². The van der Waals surface area contributed by atoms with E-state index >= 15 is 0 Å². The first-order chi connectivity index (χ1) is 15.2. The number of hydrogen-bond donors (Lipinski definition) is 1. The van der Waals surface area contributed by atoms with Gasteiger partial charge in [-0.25, -0.2) is 4.98 Å². The molecule has 1 aliphatic rings. The Bertz CT molecular complexity index is 1250. The zero-order chi connectivity index (χ0) is 21.2. The van der Waals surface area contributed by atoms with Gasteiger partial charge in [-0.15, -0.1) is 0 Å². The molecule has 0 fully saturated rings. The highest BCUT2D eigenvalue weighted by Crippen LogP contribution is 2.33. The second-order valence-electron chi connectivity index (χ2n) is 6.89. The molecule has 1 N–H and O–H groups in total. The van der Waals surface area contributed by atoms with Crippen LogP contribution in [0.2, 0.25) is 5.02 Å². The summed E-state index contributed by atoms with van der Waals surface area (Å²) in [7, 11) is 0. The monoisotopic (exact) mass is 432 g/mol. The lowest BCUT2D eigenvalue weighted by Gasteiger charge is -2.19. The van der Waals surface area contributed by atoms with Gasteiger partial charge < -0.3 is 19.2 Å². The van der Waals surface area contributed by atoms with Crippen LogP contribution in [0.4, 0.5) is 5.69 Å². The highest BCUT2D eigenvalue weighted by Gasteiger charge is 2.18. The molecule has 0 radical (unpaired) electrons. The standard InChI is InChI=1S/C24H17ClN2O4/c25-16-7-5-15(6-8-16)22-14-26-24(31-22)19-4-2-1-3-18(19)23(28)27-17-9-10-20-21(13-17)30-12-11-29-20/h1-10,13-14H,11-12H2,(H,27,28). The number of amides is 1. The molecular formula is C24H17ClN2O4. The van der Waals surface area contributed by atoms with Crippen molar-refractivity contribution in [2.24, 2.45) is 0 Å². The number of ether oxygens (including phenoxy) is 2. The Hall–Kier alpha value is -3.77. The molecule has 6 nitrogen and oxygen atoms in total. The fraction of sp³-hybridized carbons (Fsp3) is 0.0833. The third kappa shape index (κ3) is 3.98. The van der Waals surface area contributed by atoms with Crippen molar-refractivity contribution < 1.29 is 18.7 Å². The molecule has 5 rings (SSSR count). The number of anilines is 1. The number of halogens is 1. The minimum atomic E-state index is -0.279. The second-order valence-corrected chi connectivity index (χ2v) is 7.33. The summed E-state index contributed by atoms with van der Waals surface area (Å²) in [4.78, 5) is 17.4. The van der Waals surface area contributed by atoms with E-state index in [1.165, 1.54) is 0 Å². The van der Waals surface area contributed by atoms with Crippen LogP contribution < -0.4 is 14.8 Å². The minimum Gasteiger partial charge on any atom is -0.486 e. The number of carbonyl (C=O) groups is 1. The lowest BCUT2D eigenvalue weighted by molar-refractivity contribution is 0.102. The van der Waals surface area contributed by atoms with Crippen LogP contribution in [-0.4, -0.2) is 24.1 Å². The van der Waals surface area contributed by atoms with Gasteiger partial charge in [0.25, 0.3) is 5.91 Å². The zero-order valence-electron chi connectivity index (χ0n) is 16.3. The van der Waals surface area contributed by atoms with Crippen molar-refractivity contribution in [3.05, 3.63) is 83.5 Å². The normalized spacial score (nSPS) is 12.4. The number of aromatic nitrogens is 1. The van der Waals surface area contributed by atoms with Gasteiger partial charge in [-0.2, -0.15) is 0 Å². The molecule has 2 heterocycles. The van der Waals surface area contributed by atoms with Crippen LogP contribution in [0, 0.1) is 0 Å². The van der Waals surface area contributed by atoms with E-state index in [-0.39, 0.29) is 5.91 Å². The molecule has 0 aliphatic carbocycles. The van der Waals surface area contributed by atoms with Crippen LogP contribution >= 0.6 is 11.6 Å². The molecule has 1 amide bonds. The Balaban J connectivity index is 1.42. The van der Waals surface area contributed by atoms with E-state index in [0.29, 0.717) is 58.2 Å². The topological polar surface area (TPSA) is 73.6 Å². The number of carbonyl (C=O) groups excluding carboxylic acids is 1. The van der Waals surface area contributed by atoms with Gasteiger partial charge in [0, 0.05) is 27.9 Å².